The molecule has 0 radical (unpaired) electrons. The summed E-state index contributed by atoms with van der Waals surface area (Å²) in [5, 5.41) is 18.9. The second-order valence-electron chi connectivity index (χ2n) is 4.27. The first-order valence-electron chi connectivity index (χ1n) is 6.10. The van der Waals surface area contributed by atoms with E-state index in [0.29, 0.717) is 18.2 Å². The number of carboxylic acids is 1. The maximum Gasteiger partial charge on any atom is 0.326 e. The number of carbonyl (C=O) groups excluding carboxylic acids is 1. The zero-order valence-corrected chi connectivity index (χ0v) is 10.5. The Morgan fingerprint density at radius 1 is 1.42 bits per heavy atom. The minimum absolute atomic E-state index is 0.220. The Labute approximate surface area is 109 Å². The summed E-state index contributed by atoms with van der Waals surface area (Å²) in [4.78, 5) is 23.1. The third kappa shape index (κ3) is 2.73. The Kier molecular flexibility index (Phi) is 3.79. The lowest BCUT2D eigenvalue weighted by Crippen LogP contribution is -2.40. The molecule has 0 fully saturated rings. The molecule has 0 saturated heterocycles. The van der Waals surface area contributed by atoms with Crippen LogP contribution in [-0.2, 0) is 4.79 Å². The maximum atomic E-state index is 12.1. The molecule has 1 aromatic heterocycles. The molecule has 2 rings (SSSR count). The van der Waals surface area contributed by atoms with Gasteiger partial charge < -0.3 is 10.4 Å². The SMILES string of the molecule is CCC[C@@H](NC(=O)c1n[nH]c2ccccc12)C(=O)O. The molecule has 2 aromatic rings. The van der Waals surface area contributed by atoms with Crippen LogP contribution in [0, 0.1) is 0 Å². The van der Waals surface area contributed by atoms with Crippen LogP contribution in [0.3, 0.4) is 0 Å². The Morgan fingerprint density at radius 3 is 2.84 bits per heavy atom. The molecule has 0 bridgehead atoms. The van der Waals surface area contributed by atoms with Crippen molar-refractivity contribution in [3.63, 3.8) is 0 Å². The van der Waals surface area contributed by atoms with Crippen molar-refractivity contribution in [1.82, 2.24) is 15.5 Å². The summed E-state index contributed by atoms with van der Waals surface area (Å²) in [6.07, 6.45) is 1.07. The summed E-state index contributed by atoms with van der Waals surface area (Å²) in [5.74, 6) is -1.51. The van der Waals surface area contributed by atoms with E-state index in [-0.39, 0.29) is 5.69 Å². The van der Waals surface area contributed by atoms with Gasteiger partial charge in [0.15, 0.2) is 5.69 Å². The maximum absolute atomic E-state index is 12.1. The molecule has 0 aliphatic rings. The molecule has 6 heteroatoms. The molecule has 1 aromatic carbocycles. The largest absolute Gasteiger partial charge is 0.480 e. The Hall–Kier alpha value is -2.37. The van der Waals surface area contributed by atoms with Crippen LogP contribution in [0.15, 0.2) is 24.3 Å². The smallest absolute Gasteiger partial charge is 0.326 e. The van der Waals surface area contributed by atoms with E-state index >= 15 is 0 Å². The standard InChI is InChI=1S/C13H15N3O3/c1-2-5-10(13(18)19)14-12(17)11-8-6-3-4-7-9(8)15-16-11/h3-4,6-7,10H,2,5H2,1H3,(H,14,17)(H,15,16)(H,18,19)/t10-/m1/s1. The second-order valence-corrected chi connectivity index (χ2v) is 4.27. The molecular formula is C13H15N3O3. The van der Waals surface area contributed by atoms with Crippen molar-refractivity contribution >= 4 is 22.8 Å². The third-order valence-corrected chi connectivity index (χ3v) is 2.87. The number of nitrogens with zero attached hydrogens (tertiary/aromatic N) is 1. The summed E-state index contributed by atoms with van der Waals surface area (Å²) in [6.45, 7) is 1.87. The van der Waals surface area contributed by atoms with Crippen LogP contribution < -0.4 is 5.32 Å². The van der Waals surface area contributed by atoms with Crippen LogP contribution >= 0.6 is 0 Å². The van der Waals surface area contributed by atoms with Gasteiger partial charge in [-0.3, -0.25) is 9.89 Å². The van der Waals surface area contributed by atoms with Crippen LogP contribution in [-0.4, -0.2) is 33.2 Å². The Morgan fingerprint density at radius 2 is 2.16 bits per heavy atom. The van der Waals surface area contributed by atoms with Gasteiger partial charge in [0.25, 0.3) is 5.91 Å². The lowest BCUT2D eigenvalue weighted by atomic mass is 10.1. The summed E-state index contributed by atoms with van der Waals surface area (Å²) >= 11 is 0. The molecule has 1 atom stereocenters. The molecule has 1 heterocycles. The fourth-order valence-corrected chi connectivity index (χ4v) is 1.91. The highest BCUT2D eigenvalue weighted by Crippen LogP contribution is 2.15. The predicted octanol–water partition coefficient (Wildman–Crippen LogP) is 1.55. The van der Waals surface area contributed by atoms with Crippen molar-refractivity contribution in [3.05, 3.63) is 30.0 Å². The average molecular weight is 261 g/mol. The number of aromatic amines is 1. The number of carbonyl (C=O) groups is 2. The van der Waals surface area contributed by atoms with Gasteiger partial charge in [0.05, 0.1) is 5.52 Å². The number of para-hydroxylation sites is 1. The van der Waals surface area contributed by atoms with Gasteiger partial charge in [-0.2, -0.15) is 5.10 Å². The molecule has 0 unspecified atom stereocenters. The number of aliphatic carboxylic acids is 1. The lowest BCUT2D eigenvalue weighted by molar-refractivity contribution is -0.139. The van der Waals surface area contributed by atoms with Gasteiger partial charge in [0, 0.05) is 5.39 Å². The van der Waals surface area contributed by atoms with E-state index in [1.165, 1.54) is 0 Å². The van der Waals surface area contributed by atoms with Gasteiger partial charge in [0.2, 0.25) is 0 Å². The fourth-order valence-electron chi connectivity index (χ4n) is 1.91. The number of nitrogens with one attached hydrogen (secondary N) is 2. The van der Waals surface area contributed by atoms with Crippen molar-refractivity contribution < 1.29 is 14.7 Å². The molecular weight excluding hydrogens is 246 g/mol. The highest BCUT2D eigenvalue weighted by molar-refractivity contribution is 6.05. The molecule has 100 valence electrons. The van der Waals surface area contributed by atoms with E-state index in [2.05, 4.69) is 15.5 Å². The molecule has 19 heavy (non-hydrogen) atoms. The quantitative estimate of drug-likeness (QED) is 0.760. The zero-order valence-electron chi connectivity index (χ0n) is 10.5. The van der Waals surface area contributed by atoms with Crippen molar-refractivity contribution in [2.24, 2.45) is 0 Å². The number of hydrogen-bond donors (Lipinski definition) is 3. The number of benzene rings is 1. The van der Waals surface area contributed by atoms with Crippen molar-refractivity contribution in [2.75, 3.05) is 0 Å². The summed E-state index contributed by atoms with van der Waals surface area (Å²) in [5.41, 5.74) is 0.966. The Bertz CT molecular complexity index is 606. The van der Waals surface area contributed by atoms with Crippen molar-refractivity contribution in [2.45, 2.75) is 25.8 Å². The minimum Gasteiger partial charge on any atom is -0.480 e. The zero-order chi connectivity index (χ0) is 13.8. The van der Waals surface area contributed by atoms with Crippen molar-refractivity contribution in [3.8, 4) is 0 Å². The predicted molar refractivity (Wildman–Crippen MR) is 69.9 cm³/mol. The fraction of sp³-hybridized carbons (Fsp3) is 0.308. The molecule has 6 nitrogen and oxygen atoms in total. The topological polar surface area (TPSA) is 95.1 Å². The molecule has 0 aliphatic heterocycles. The molecule has 3 N–H and O–H groups in total. The number of aromatic nitrogens is 2. The van der Waals surface area contributed by atoms with Gasteiger partial charge in [-0.05, 0) is 12.5 Å². The summed E-state index contributed by atoms with van der Waals surface area (Å²) < 4.78 is 0. The van der Waals surface area contributed by atoms with Crippen LogP contribution in [0.2, 0.25) is 0 Å². The normalized spacial score (nSPS) is 12.3. The van der Waals surface area contributed by atoms with Crippen LogP contribution in [0.1, 0.15) is 30.3 Å². The first-order valence-corrected chi connectivity index (χ1v) is 6.10. The van der Waals surface area contributed by atoms with Crippen LogP contribution in [0.4, 0.5) is 0 Å². The van der Waals surface area contributed by atoms with Gasteiger partial charge in [-0.15, -0.1) is 0 Å². The van der Waals surface area contributed by atoms with E-state index in [9.17, 15) is 9.59 Å². The highest BCUT2D eigenvalue weighted by atomic mass is 16.4. The first-order chi connectivity index (χ1) is 9.13. The summed E-state index contributed by atoms with van der Waals surface area (Å²) in [6, 6.07) is 6.32. The molecule has 0 spiro atoms. The van der Waals surface area contributed by atoms with Crippen LogP contribution in [0.25, 0.3) is 10.9 Å². The van der Waals surface area contributed by atoms with E-state index < -0.39 is 17.9 Å². The number of amides is 1. The first kappa shape index (κ1) is 13.1. The second kappa shape index (κ2) is 5.51. The lowest BCUT2D eigenvalue weighted by Gasteiger charge is -2.12. The van der Waals surface area contributed by atoms with Gasteiger partial charge in [-0.25, -0.2) is 4.79 Å². The average Bonchev–Trinajstić information content (AvgIpc) is 2.81. The molecule has 0 aliphatic carbocycles. The number of carboxylic acid groups (broad SMARTS) is 1. The van der Waals surface area contributed by atoms with E-state index in [4.69, 9.17) is 5.11 Å². The van der Waals surface area contributed by atoms with E-state index in [1.54, 1.807) is 18.2 Å². The Balaban J connectivity index is 2.22. The van der Waals surface area contributed by atoms with Crippen molar-refractivity contribution in [1.29, 1.82) is 0 Å². The number of rotatable bonds is 5. The van der Waals surface area contributed by atoms with Gasteiger partial charge in [0.1, 0.15) is 6.04 Å². The monoisotopic (exact) mass is 261 g/mol. The van der Waals surface area contributed by atoms with Gasteiger partial charge in [-0.1, -0.05) is 31.5 Å². The summed E-state index contributed by atoms with van der Waals surface area (Å²) in [7, 11) is 0. The highest BCUT2D eigenvalue weighted by Gasteiger charge is 2.22. The molecule has 0 saturated carbocycles. The van der Waals surface area contributed by atoms with E-state index in [0.717, 1.165) is 5.52 Å². The number of hydrogen-bond acceptors (Lipinski definition) is 3. The molecule has 1 amide bonds. The minimum atomic E-state index is -1.03. The number of fused-ring (bicyclic) bond motifs is 1. The van der Waals surface area contributed by atoms with Gasteiger partial charge >= 0.3 is 5.97 Å². The van der Waals surface area contributed by atoms with Crippen LogP contribution in [0.5, 0.6) is 0 Å². The van der Waals surface area contributed by atoms with E-state index in [1.807, 2.05) is 13.0 Å². The number of H-pyrrole nitrogens is 1. The third-order valence-electron chi connectivity index (χ3n) is 2.87.